The van der Waals surface area contributed by atoms with Crippen LogP contribution in [0.4, 0.5) is 11.4 Å². The third-order valence-electron chi connectivity index (χ3n) is 4.87. The van der Waals surface area contributed by atoms with Crippen molar-refractivity contribution in [2.24, 2.45) is 0 Å². The van der Waals surface area contributed by atoms with Gasteiger partial charge in [-0.15, -0.1) is 0 Å². The van der Waals surface area contributed by atoms with Gasteiger partial charge in [-0.2, -0.15) is 0 Å². The van der Waals surface area contributed by atoms with E-state index in [9.17, 15) is 0 Å². The lowest BCUT2D eigenvalue weighted by atomic mass is 10.0. The molecule has 27 heavy (non-hydrogen) atoms. The molecule has 0 saturated carbocycles. The van der Waals surface area contributed by atoms with Gasteiger partial charge in [-0.3, -0.25) is 0 Å². The number of rotatable bonds is 5. The van der Waals surface area contributed by atoms with Crippen LogP contribution in [0.1, 0.15) is 6.92 Å². The van der Waals surface area contributed by atoms with Crippen LogP contribution in [0.25, 0.3) is 22.3 Å². The lowest BCUT2D eigenvalue weighted by molar-refractivity contribution is 1.02. The van der Waals surface area contributed by atoms with E-state index in [2.05, 4.69) is 121 Å². The van der Waals surface area contributed by atoms with Gasteiger partial charge in [-0.25, -0.2) is 0 Å². The van der Waals surface area contributed by atoms with Gasteiger partial charge in [0.1, 0.15) is 0 Å². The molecule has 0 bridgehead atoms. The van der Waals surface area contributed by atoms with E-state index in [1.165, 1.54) is 33.6 Å². The smallest absolute Gasteiger partial charge is 0.0416 e. The zero-order valence-corrected chi connectivity index (χ0v) is 15.5. The van der Waals surface area contributed by atoms with Gasteiger partial charge in [-0.1, -0.05) is 84.9 Å². The second kappa shape index (κ2) is 7.92. The molecule has 0 unspecified atom stereocenters. The highest BCUT2D eigenvalue weighted by Gasteiger charge is 2.09. The van der Waals surface area contributed by atoms with Crippen LogP contribution >= 0.6 is 0 Å². The molecule has 4 rings (SSSR count). The van der Waals surface area contributed by atoms with E-state index in [0.29, 0.717) is 0 Å². The molecule has 4 aromatic rings. The van der Waals surface area contributed by atoms with Crippen molar-refractivity contribution in [2.75, 3.05) is 11.4 Å². The first-order chi connectivity index (χ1) is 13.3. The molecule has 0 aliphatic carbocycles. The van der Waals surface area contributed by atoms with Crippen molar-refractivity contribution in [1.82, 2.24) is 0 Å². The molecule has 0 fully saturated rings. The summed E-state index contributed by atoms with van der Waals surface area (Å²) in [5, 5.41) is 0. The largest absolute Gasteiger partial charge is 0.342 e. The van der Waals surface area contributed by atoms with Gasteiger partial charge in [-0.05, 0) is 53.4 Å². The highest BCUT2D eigenvalue weighted by atomic mass is 15.1. The summed E-state index contributed by atoms with van der Waals surface area (Å²) < 4.78 is 0. The minimum absolute atomic E-state index is 0.920. The van der Waals surface area contributed by atoms with Crippen LogP contribution in [0.5, 0.6) is 0 Å². The molecule has 0 heterocycles. The van der Waals surface area contributed by atoms with Crippen molar-refractivity contribution < 1.29 is 0 Å². The molecule has 1 heteroatoms. The van der Waals surface area contributed by atoms with E-state index in [-0.39, 0.29) is 0 Å². The van der Waals surface area contributed by atoms with Gasteiger partial charge in [0.25, 0.3) is 0 Å². The van der Waals surface area contributed by atoms with Crippen molar-refractivity contribution in [1.29, 1.82) is 0 Å². The first-order valence-electron chi connectivity index (χ1n) is 9.43. The summed E-state index contributed by atoms with van der Waals surface area (Å²) >= 11 is 0. The average molecular weight is 349 g/mol. The molecule has 0 spiro atoms. The zero-order chi connectivity index (χ0) is 18.5. The quantitative estimate of drug-likeness (QED) is 0.369. The highest BCUT2D eigenvalue weighted by Crippen LogP contribution is 2.31. The molecule has 1 nitrogen and oxygen atoms in total. The number of nitrogens with zero attached hydrogens (tertiary/aromatic N) is 1. The van der Waals surface area contributed by atoms with E-state index >= 15 is 0 Å². The Kier molecular flexibility index (Phi) is 5.02. The Morgan fingerprint density at radius 1 is 0.481 bits per heavy atom. The molecule has 0 amide bonds. The fraction of sp³-hybridized carbons (Fsp3) is 0.0769. The van der Waals surface area contributed by atoms with Crippen LogP contribution in [0.3, 0.4) is 0 Å². The average Bonchev–Trinajstić information content (AvgIpc) is 2.76. The zero-order valence-electron chi connectivity index (χ0n) is 15.5. The molecule has 0 aliphatic heterocycles. The summed E-state index contributed by atoms with van der Waals surface area (Å²) in [5.74, 6) is 0. The van der Waals surface area contributed by atoms with Crippen molar-refractivity contribution in [2.45, 2.75) is 6.92 Å². The number of benzene rings is 4. The topological polar surface area (TPSA) is 3.24 Å². The Morgan fingerprint density at radius 2 is 1.00 bits per heavy atom. The molecule has 0 radical (unpaired) electrons. The Hall–Kier alpha value is -3.32. The van der Waals surface area contributed by atoms with Crippen LogP contribution < -0.4 is 4.90 Å². The first-order valence-corrected chi connectivity index (χ1v) is 9.43. The molecule has 132 valence electrons. The Morgan fingerprint density at radius 3 is 1.59 bits per heavy atom. The van der Waals surface area contributed by atoms with Crippen LogP contribution in [0.2, 0.25) is 0 Å². The molecular weight excluding hydrogens is 326 g/mol. The van der Waals surface area contributed by atoms with Gasteiger partial charge in [0.2, 0.25) is 0 Å². The third kappa shape index (κ3) is 3.78. The van der Waals surface area contributed by atoms with Crippen LogP contribution in [0.15, 0.2) is 109 Å². The monoisotopic (exact) mass is 349 g/mol. The SMILES string of the molecule is CCN(c1ccc(-c2ccccc2)cc1)c1cccc(-c2ccccc2)c1. The molecule has 0 N–H and O–H groups in total. The Balaban J connectivity index is 1.64. The summed E-state index contributed by atoms with van der Waals surface area (Å²) in [6.45, 7) is 3.11. The fourth-order valence-electron chi connectivity index (χ4n) is 3.46. The van der Waals surface area contributed by atoms with E-state index in [4.69, 9.17) is 0 Å². The lowest BCUT2D eigenvalue weighted by Gasteiger charge is -2.24. The van der Waals surface area contributed by atoms with Crippen molar-refractivity contribution >= 4 is 11.4 Å². The van der Waals surface area contributed by atoms with Crippen molar-refractivity contribution in [3.63, 3.8) is 0 Å². The van der Waals surface area contributed by atoms with E-state index < -0.39 is 0 Å². The summed E-state index contributed by atoms with van der Waals surface area (Å²) in [5.41, 5.74) is 7.41. The molecule has 0 aromatic heterocycles. The maximum Gasteiger partial charge on any atom is 0.0416 e. The summed E-state index contributed by atoms with van der Waals surface area (Å²) in [7, 11) is 0. The number of hydrogen-bond donors (Lipinski definition) is 0. The predicted molar refractivity (Wildman–Crippen MR) is 116 cm³/mol. The minimum atomic E-state index is 0.920. The van der Waals surface area contributed by atoms with Gasteiger partial charge >= 0.3 is 0 Å². The first kappa shape index (κ1) is 17.1. The molecular formula is C26H23N. The van der Waals surface area contributed by atoms with Crippen LogP contribution in [-0.4, -0.2) is 6.54 Å². The van der Waals surface area contributed by atoms with Gasteiger partial charge in [0, 0.05) is 17.9 Å². The number of anilines is 2. The fourth-order valence-corrected chi connectivity index (χ4v) is 3.46. The van der Waals surface area contributed by atoms with Crippen molar-refractivity contribution in [3.8, 4) is 22.3 Å². The Labute approximate surface area is 161 Å². The van der Waals surface area contributed by atoms with Gasteiger partial charge < -0.3 is 4.90 Å². The second-order valence-electron chi connectivity index (χ2n) is 6.57. The van der Waals surface area contributed by atoms with E-state index in [1.807, 2.05) is 0 Å². The Bertz CT molecular complexity index is 989. The van der Waals surface area contributed by atoms with Crippen LogP contribution in [-0.2, 0) is 0 Å². The number of hydrogen-bond acceptors (Lipinski definition) is 1. The summed E-state index contributed by atoms with van der Waals surface area (Å²) in [6, 6.07) is 38.6. The minimum Gasteiger partial charge on any atom is -0.342 e. The van der Waals surface area contributed by atoms with Crippen molar-refractivity contribution in [3.05, 3.63) is 109 Å². The molecule has 4 aromatic carbocycles. The lowest BCUT2D eigenvalue weighted by Crippen LogP contribution is -2.15. The molecule has 0 aliphatic rings. The summed E-state index contributed by atoms with van der Waals surface area (Å²) in [4.78, 5) is 2.35. The van der Waals surface area contributed by atoms with Gasteiger partial charge in [0.15, 0.2) is 0 Å². The van der Waals surface area contributed by atoms with E-state index in [0.717, 1.165) is 6.54 Å². The molecule has 0 atom stereocenters. The molecule has 0 saturated heterocycles. The normalized spacial score (nSPS) is 10.6. The maximum absolute atomic E-state index is 2.35. The van der Waals surface area contributed by atoms with E-state index in [1.54, 1.807) is 0 Å². The second-order valence-corrected chi connectivity index (χ2v) is 6.57. The predicted octanol–water partition coefficient (Wildman–Crippen LogP) is 7.18. The standard InChI is InChI=1S/C26H23N/c1-2-27(25-18-16-23(17-19-25)21-10-5-3-6-11-21)26-15-9-14-24(20-26)22-12-7-4-8-13-22/h3-20H,2H2,1H3. The summed E-state index contributed by atoms with van der Waals surface area (Å²) in [6.07, 6.45) is 0. The van der Waals surface area contributed by atoms with Crippen LogP contribution in [0, 0.1) is 0 Å². The third-order valence-corrected chi connectivity index (χ3v) is 4.87. The highest BCUT2D eigenvalue weighted by molar-refractivity contribution is 5.74. The maximum atomic E-state index is 2.35. The van der Waals surface area contributed by atoms with Gasteiger partial charge in [0.05, 0.1) is 0 Å².